The Bertz CT molecular complexity index is 2300. The largest absolute Gasteiger partial charge is 0.493 e. The molecule has 50 heavy (non-hydrogen) atoms. The summed E-state index contributed by atoms with van der Waals surface area (Å²) >= 11 is 0. The minimum absolute atomic E-state index is 0.0342. The molecule has 5 aromatic carbocycles. The van der Waals surface area contributed by atoms with Crippen molar-refractivity contribution in [3.63, 3.8) is 0 Å². The molecule has 0 saturated carbocycles. The number of carbonyl (C=O) groups excluding carboxylic acids is 1. The third-order valence-corrected chi connectivity index (χ3v) is 11.0. The normalized spacial score (nSPS) is 13.4. The highest BCUT2D eigenvalue weighted by Crippen LogP contribution is 2.41. The predicted molar refractivity (Wildman–Crippen MR) is 198 cm³/mol. The van der Waals surface area contributed by atoms with Crippen LogP contribution in [0.25, 0.3) is 28.2 Å². The van der Waals surface area contributed by atoms with Gasteiger partial charge in [-0.15, -0.1) is 0 Å². The molecule has 0 radical (unpaired) electrons. The van der Waals surface area contributed by atoms with E-state index >= 15 is 0 Å². The molecule has 0 aliphatic carbocycles. The maximum Gasteiger partial charge on any atom is 0.268 e. The topological polar surface area (TPSA) is 101 Å². The van der Waals surface area contributed by atoms with Crippen molar-refractivity contribution >= 4 is 38.6 Å². The van der Waals surface area contributed by atoms with Crippen molar-refractivity contribution in [1.29, 1.82) is 0 Å². The van der Waals surface area contributed by atoms with E-state index in [2.05, 4.69) is 46.7 Å². The lowest BCUT2D eigenvalue weighted by Gasteiger charge is -2.22. The standard InChI is InChI=1S/C41H37N3O5S/c1-48-36-25-28(26-37(41(36)49-2)50(46,47)44-24-23-30-15-9-12-20-35(30)44)21-22-38(45)42-27-33(29-13-5-3-6-14-29)39-32-18-10-11-19-34(32)43-40(39)31-16-7-4-8-17-31/h3-22,25-26,33,43H,23-24,27H2,1-2H3,(H,42,45)/b22-21+. The molecular weight excluding hydrogens is 647 g/mol. The molecule has 1 aliphatic heterocycles. The van der Waals surface area contributed by atoms with Gasteiger partial charge in [0, 0.05) is 36.0 Å². The van der Waals surface area contributed by atoms with Crippen LogP contribution in [-0.4, -0.2) is 46.6 Å². The van der Waals surface area contributed by atoms with Gasteiger partial charge in [-0.1, -0.05) is 97.1 Å². The first-order chi connectivity index (χ1) is 24.4. The molecule has 0 saturated heterocycles. The molecule has 252 valence electrons. The van der Waals surface area contributed by atoms with Crippen molar-refractivity contribution in [2.75, 3.05) is 31.6 Å². The first-order valence-electron chi connectivity index (χ1n) is 16.4. The molecule has 1 atom stereocenters. The number of methoxy groups -OCH3 is 2. The Morgan fingerprint density at radius 2 is 1.58 bits per heavy atom. The fourth-order valence-corrected chi connectivity index (χ4v) is 8.49. The molecule has 6 aromatic rings. The van der Waals surface area contributed by atoms with E-state index in [4.69, 9.17) is 9.47 Å². The fourth-order valence-electron chi connectivity index (χ4n) is 6.78. The van der Waals surface area contributed by atoms with Crippen LogP contribution < -0.4 is 19.1 Å². The van der Waals surface area contributed by atoms with E-state index < -0.39 is 10.0 Å². The van der Waals surface area contributed by atoms with Crippen LogP contribution >= 0.6 is 0 Å². The Kier molecular flexibility index (Phi) is 9.15. The maximum absolute atomic E-state index is 14.1. The molecular formula is C41H37N3O5S. The van der Waals surface area contributed by atoms with Crippen molar-refractivity contribution in [3.05, 3.63) is 150 Å². The monoisotopic (exact) mass is 683 g/mol. The molecule has 1 aromatic heterocycles. The molecule has 1 unspecified atom stereocenters. The summed E-state index contributed by atoms with van der Waals surface area (Å²) in [6.07, 6.45) is 3.62. The van der Waals surface area contributed by atoms with Gasteiger partial charge >= 0.3 is 0 Å². The number of ether oxygens (including phenoxy) is 2. The molecule has 1 aliphatic rings. The summed E-state index contributed by atoms with van der Waals surface area (Å²) in [6, 6.07) is 39.2. The number of nitrogens with zero attached hydrogens (tertiary/aromatic N) is 1. The van der Waals surface area contributed by atoms with Gasteiger partial charge < -0.3 is 19.8 Å². The first-order valence-corrected chi connectivity index (χ1v) is 17.9. The molecule has 2 N–H and O–H groups in total. The number of amides is 1. The maximum atomic E-state index is 14.1. The summed E-state index contributed by atoms with van der Waals surface area (Å²) < 4.78 is 40.7. The number of benzene rings is 5. The number of hydrogen-bond acceptors (Lipinski definition) is 5. The second-order valence-electron chi connectivity index (χ2n) is 12.1. The van der Waals surface area contributed by atoms with E-state index in [1.165, 1.54) is 30.7 Å². The Balaban J connectivity index is 1.19. The zero-order chi connectivity index (χ0) is 34.7. The highest BCUT2D eigenvalue weighted by Gasteiger charge is 2.34. The molecule has 1 amide bonds. The Labute approximate surface area is 292 Å². The molecule has 2 heterocycles. The van der Waals surface area contributed by atoms with Crippen LogP contribution in [0.4, 0.5) is 5.69 Å². The summed E-state index contributed by atoms with van der Waals surface area (Å²) in [5.41, 5.74) is 7.33. The van der Waals surface area contributed by atoms with Crippen molar-refractivity contribution in [1.82, 2.24) is 10.3 Å². The molecule has 8 nitrogen and oxygen atoms in total. The molecule has 0 spiro atoms. The third kappa shape index (κ3) is 6.23. The number of aromatic nitrogens is 1. The third-order valence-electron chi connectivity index (χ3n) is 9.15. The van der Waals surface area contributed by atoms with Gasteiger partial charge in [0.2, 0.25) is 5.91 Å². The second-order valence-corrected chi connectivity index (χ2v) is 13.9. The lowest BCUT2D eigenvalue weighted by atomic mass is 9.87. The molecule has 9 heteroatoms. The molecule has 7 rings (SSSR count). The second kappa shape index (κ2) is 14.0. The minimum Gasteiger partial charge on any atom is -0.493 e. The SMILES string of the molecule is COc1cc(/C=C/C(=O)NCC(c2ccccc2)c2c(-c3ccccc3)[nH]c3ccccc23)cc(S(=O)(=O)N2CCc3ccccc32)c1OC. The van der Waals surface area contributed by atoms with Gasteiger partial charge in [-0.05, 0) is 64.6 Å². The number of fused-ring (bicyclic) bond motifs is 2. The Hall–Kier alpha value is -5.80. The van der Waals surface area contributed by atoms with Crippen molar-refractivity contribution in [2.24, 2.45) is 0 Å². The lowest BCUT2D eigenvalue weighted by molar-refractivity contribution is -0.116. The number of sulfonamides is 1. The Morgan fingerprint density at radius 3 is 2.34 bits per heavy atom. The van der Waals surface area contributed by atoms with E-state index in [1.54, 1.807) is 18.2 Å². The van der Waals surface area contributed by atoms with Crippen molar-refractivity contribution in [2.45, 2.75) is 17.2 Å². The molecule has 0 bridgehead atoms. The summed E-state index contributed by atoms with van der Waals surface area (Å²) in [6.45, 7) is 0.648. The van der Waals surface area contributed by atoms with Crippen LogP contribution in [-0.2, 0) is 21.2 Å². The summed E-state index contributed by atoms with van der Waals surface area (Å²) in [5.74, 6) is -0.129. The average Bonchev–Trinajstić information content (AvgIpc) is 3.77. The minimum atomic E-state index is -4.02. The van der Waals surface area contributed by atoms with Crippen LogP contribution in [0.1, 0.15) is 28.2 Å². The van der Waals surface area contributed by atoms with E-state index in [0.717, 1.165) is 38.9 Å². The lowest BCUT2D eigenvalue weighted by Crippen LogP contribution is -2.29. The van der Waals surface area contributed by atoms with Gasteiger partial charge in [0.05, 0.1) is 25.6 Å². The van der Waals surface area contributed by atoms with Crippen molar-refractivity contribution in [3.8, 4) is 22.8 Å². The van der Waals surface area contributed by atoms with Gasteiger partial charge in [-0.3, -0.25) is 9.10 Å². The fraction of sp³-hybridized carbons (Fsp3) is 0.146. The number of hydrogen-bond donors (Lipinski definition) is 2. The van der Waals surface area contributed by atoms with Crippen LogP contribution in [0, 0.1) is 0 Å². The van der Waals surface area contributed by atoms with Crippen LogP contribution in [0.15, 0.2) is 132 Å². The zero-order valence-corrected chi connectivity index (χ0v) is 28.6. The van der Waals surface area contributed by atoms with E-state index in [9.17, 15) is 13.2 Å². The number of H-pyrrole nitrogens is 1. The smallest absolute Gasteiger partial charge is 0.268 e. The number of para-hydroxylation sites is 2. The van der Waals surface area contributed by atoms with Gasteiger partial charge in [0.15, 0.2) is 11.5 Å². The van der Waals surface area contributed by atoms with Gasteiger partial charge in [-0.25, -0.2) is 8.42 Å². The average molecular weight is 684 g/mol. The zero-order valence-electron chi connectivity index (χ0n) is 27.8. The van der Waals surface area contributed by atoms with Gasteiger partial charge in [0.25, 0.3) is 10.0 Å². The highest BCUT2D eigenvalue weighted by molar-refractivity contribution is 7.93. The van der Waals surface area contributed by atoms with Gasteiger partial charge in [0.1, 0.15) is 4.90 Å². The predicted octanol–water partition coefficient (Wildman–Crippen LogP) is 7.57. The quantitative estimate of drug-likeness (QED) is 0.137. The number of aromatic amines is 1. The number of rotatable bonds is 11. The highest BCUT2D eigenvalue weighted by atomic mass is 32.2. The number of anilines is 1. The Morgan fingerprint density at radius 1 is 0.880 bits per heavy atom. The van der Waals surface area contributed by atoms with E-state index in [-0.39, 0.29) is 28.2 Å². The number of nitrogens with one attached hydrogen (secondary N) is 2. The molecule has 0 fully saturated rings. The van der Waals surface area contributed by atoms with E-state index in [1.807, 2.05) is 66.7 Å². The number of carbonyl (C=O) groups is 1. The summed E-state index contributed by atoms with van der Waals surface area (Å²) in [4.78, 5) is 17.1. The van der Waals surface area contributed by atoms with E-state index in [0.29, 0.717) is 30.8 Å². The van der Waals surface area contributed by atoms with Crippen LogP contribution in [0.3, 0.4) is 0 Å². The van der Waals surface area contributed by atoms with Crippen molar-refractivity contribution < 1.29 is 22.7 Å². The first kappa shape index (κ1) is 32.7. The van der Waals surface area contributed by atoms with Crippen LogP contribution in [0.2, 0.25) is 0 Å². The van der Waals surface area contributed by atoms with Crippen LogP contribution in [0.5, 0.6) is 11.5 Å². The summed E-state index contributed by atoms with van der Waals surface area (Å²) in [7, 11) is -1.15. The van der Waals surface area contributed by atoms with Gasteiger partial charge in [-0.2, -0.15) is 0 Å². The summed E-state index contributed by atoms with van der Waals surface area (Å²) in [5, 5.41) is 4.20.